The molecule has 14 nitrogen and oxygen atoms in total. The summed E-state index contributed by atoms with van der Waals surface area (Å²) in [5.41, 5.74) is 5.36. The highest BCUT2D eigenvalue weighted by Gasteiger charge is 2.52. The number of carbonyl (C=O) groups is 2. The Bertz CT molecular complexity index is 2610. The summed E-state index contributed by atoms with van der Waals surface area (Å²) in [6.07, 6.45) is 8.90. The first-order valence-electron chi connectivity index (χ1n) is 20.6. The molecule has 17 heteroatoms. The predicted molar refractivity (Wildman–Crippen MR) is 244 cm³/mol. The van der Waals surface area contributed by atoms with Gasteiger partial charge < -0.3 is 35.2 Å². The minimum atomic E-state index is -1.43. The van der Waals surface area contributed by atoms with Crippen LogP contribution in [-0.4, -0.2) is 64.5 Å². The second-order valence-electron chi connectivity index (χ2n) is 15.3. The van der Waals surface area contributed by atoms with Gasteiger partial charge in [-0.3, -0.25) is 13.8 Å². The van der Waals surface area contributed by atoms with Crippen LogP contribution in [0.5, 0.6) is 11.8 Å². The Hall–Kier alpha value is -5.97. The maximum absolute atomic E-state index is 13.0. The van der Waals surface area contributed by atoms with Gasteiger partial charge in [0.1, 0.15) is 24.3 Å². The minimum Gasteiger partial charge on any atom is -0.472 e. The number of rotatable bonds is 16. The van der Waals surface area contributed by atoms with Crippen LogP contribution in [0.15, 0.2) is 115 Å². The Labute approximate surface area is 383 Å². The SMILES string of the molecule is CS(=O)c1ncc(C(=O)NCc2ccccc2)c(OCc2ccc(CO)c(Cl)c2)n1.O=C(NCc1ccccc1)c1cnc(N2CCCC23CC3)nc1OCc1ccc(CO)c(Cl)c1. The van der Waals surface area contributed by atoms with Crippen molar-refractivity contribution < 1.29 is 33.5 Å². The number of nitrogens with one attached hydrogen (secondary N) is 2. The number of carbonyl (C=O) groups excluding carboxylic acids is 2. The van der Waals surface area contributed by atoms with Crippen molar-refractivity contribution in [2.75, 3.05) is 17.7 Å². The van der Waals surface area contributed by atoms with Crippen LogP contribution in [-0.2, 0) is 50.3 Å². The minimum absolute atomic E-state index is 0.0307. The van der Waals surface area contributed by atoms with Gasteiger partial charge in [-0.2, -0.15) is 9.97 Å². The largest absolute Gasteiger partial charge is 0.472 e. The van der Waals surface area contributed by atoms with E-state index in [1.54, 1.807) is 36.5 Å². The first-order valence-corrected chi connectivity index (χ1v) is 22.9. The third kappa shape index (κ3) is 11.8. The van der Waals surface area contributed by atoms with Crippen molar-refractivity contribution in [2.24, 2.45) is 0 Å². The smallest absolute Gasteiger partial charge is 0.258 e. The van der Waals surface area contributed by atoms with Crippen molar-refractivity contribution in [3.8, 4) is 11.8 Å². The molecule has 1 saturated heterocycles. The molecule has 2 amide bonds. The number of halogens is 2. The van der Waals surface area contributed by atoms with Crippen LogP contribution < -0.4 is 25.0 Å². The molecule has 4 N–H and O–H groups in total. The third-order valence-corrected chi connectivity index (χ3v) is 12.2. The molecule has 1 atom stereocenters. The zero-order chi connectivity index (χ0) is 45.1. The van der Waals surface area contributed by atoms with Crippen molar-refractivity contribution in [1.29, 1.82) is 0 Å². The lowest BCUT2D eigenvalue weighted by atomic mass is 10.1. The van der Waals surface area contributed by atoms with Gasteiger partial charge in [-0.1, -0.05) is 108 Å². The molecule has 1 aliphatic carbocycles. The maximum Gasteiger partial charge on any atom is 0.258 e. The fourth-order valence-corrected chi connectivity index (χ4v) is 8.03. The highest BCUT2D eigenvalue weighted by molar-refractivity contribution is 7.84. The number of aliphatic hydroxyl groups is 2. The van der Waals surface area contributed by atoms with E-state index in [0.29, 0.717) is 45.8 Å². The quantitative estimate of drug-likeness (QED) is 0.0720. The molecular formula is C47H47Cl2N7O7S. The zero-order valence-corrected chi connectivity index (χ0v) is 37.3. The van der Waals surface area contributed by atoms with Crippen molar-refractivity contribution >= 4 is 51.8 Å². The normalized spacial score (nSPS) is 14.0. The number of amides is 2. The van der Waals surface area contributed by atoms with Crippen molar-refractivity contribution in [3.63, 3.8) is 0 Å². The lowest BCUT2D eigenvalue weighted by Gasteiger charge is -2.24. The zero-order valence-electron chi connectivity index (χ0n) is 35.0. The number of aromatic nitrogens is 4. The summed E-state index contributed by atoms with van der Waals surface area (Å²) in [5, 5.41) is 25.3. The summed E-state index contributed by atoms with van der Waals surface area (Å²) in [6, 6.07) is 29.7. The van der Waals surface area contributed by atoms with E-state index in [1.165, 1.54) is 12.5 Å². The molecule has 1 saturated carbocycles. The van der Waals surface area contributed by atoms with Crippen molar-refractivity contribution in [3.05, 3.63) is 164 Å². The number of nitrogens with zero attached hydrogens (tertiary/aromatic N) is 5. The number of ether oxygens (including phenoxy) is 2. The summed E-state index contributed by atoms with van der Waals surface area (Å²) >= 11 is 12.3. The average Bonchev–Trinajstić information content (AvgIpc) is 3.98. The van der Waals surface area contributed by atoms with E-state index >= 15 is 0 Å². The van der Waals surface area contributed by atoms with E-state index in [2.05, 4.69) is 30.5 Å². The Morgan fingerprint density at radius 1 is 0.703 bits per heavy atom. The lowest BCUT2D eigenvalue weighted by molar-refractivity contribution is 0.0936. The second-order valence-corrected chi connectivity index (χ2v) is 17.4. The fourth-order valence-electron chi connectivity index (χ4n) is 7.09. The number of benzene rings is 4. The lowest BCUT2D eigenvalue weighted by Crippen LogP contribution is -2.33. The molecular weight excluding hydrogens is 878 g/mol. The highest BCUT2D eigenvalue weighted by Crippen LogP contribution is 2.50. The molecule has 0 bridgehead atoms. The fraction of sp³-hybridized carbons (Fsp3) is 0.277. The molecule has 2 aromatic heterocycles. The molecule has 0 radical (unpaired) electrons. The molecule has 64 heavy (non-hydrogen) atoms. The summed E-state index contributed by atoms with van der Waals surface area (Å²) in [6.45, 7) is 1.62. The molecule has 6 aromatic rings. The van der Waals surface area contributed by atoms with Gasteiger partial charge in [0.2, 0.25) is 22.9 Å². The predicted octanol–water partition coefficient (Wildman–Crippen LogP) is 7.13. The van der Waals surface area contributed by atoms with E-state index < -0.39 is 16.7 Å². The Kier molecular flexibility index (Phi) is 15.5. The summed E-state index contributed by atoms with van der Waals surface area (Å²) in [5.74, 6) is 0.194. The topological polar surface area (TPSA) is 189 Å². The number of hydrogen-bond donors (Lipinski definition) is 4. The van der Waals surface area contributed by atoms with Gasteiger partial charge in [0.15, 0.2) is 0 Å². The molecule has 1 unspecified atom stereocenters. The van der Waals surface area contributed by atoms with Crippen LogP contribution in [0, 0.1) is 0 Å². The summed E-state index contributed by atoms with van der Waals surface area (Å²) in [7, 11) is -1.43. The van der Waals surface area contributed by atoms with Crippen LogP contribution in [0.4, 0.5) is 5.95 Å². The molecule has 4 aromatic carbocycles. The molecule has 332 valence electrons. The number of hydrogen-bond acceptors (Lipinski definition) is 12. The summed E-state index contributed by atoms with van der Waals surface area (Å²) in [4.78, 5) is 45.4. The van der Waals surface area contributed by atoms with E-state index in [-0.39, 0.29) is 60.4 Å². The van der Waals surface area contributed by atoms with Gasteiger partial charge in [-0.05, 0) is 71.2 Å². The maximum atomic E-state index is 13.0. The molecule has 2 fully saturated rings. The van der Waals surface area contributed by atoms with Crippen LogP contribution in [0.25, 0.3) is 0 Å². The Morgan fingerprint density at radius 2 is 1.20 bits per heavy atom. The van der Waals surface area contributed by atoms with E-state index in [1.807, 2.05) is 66.7 Å². The third-order valence-electron chi connectivity index (χ3n) is 10.8. The van der Waals surface area contributed by atoms with Gasteiger partial charge >= 0.3 is 0 Å². The Balaban J connectivity index is 0.000000193. The van der Waals surface area contributed by atoms with Crippen molar-refractivity contribution in [1.82, 2.24) is 30.6 Å². The molecule has 8 rings (SSSR count). The van der Waals surface area contributed by atoms with Crippen LogP contribution >= 0.6 is 23.2 Å². The molecule has 3 heterocycles. The van der Waals surface area contributed by atoms with Gasteiger partial charge in [-0.15, -0.1) is 0 Å². The molecule has 1 aliphatic heterocycles. The van der Waals surface area contributed by atoms with Gasteiger partial charge in [0.05, 0.1) is 24.0 Å². The highest BCUT2D eigenvalue weighted by atomic mass is 35.5. The van der Waals surface area contributed by atoms with Gasteiger partial charge in [-0.25, -0.2) is 9.97 Å². The van der Waals surface area contributed by atoms with E-state index in [9.17, 15) is 24.0 Å². The Morgan fingerprint density at radius 3 is 1.67 bits per heavy atom. The van der Waals surface area contributed by atoms with Crippen LogP contribution in [0.3, 0.4) is 0 Å². The van der Waals surface area contributed by atoms with Gasteiger partial charge in [0, 0.05) is 53.9 Å². The van der Waals surface area contributed by atoms with E-state index in [0.717, 1.165) is 54.5 Å². The van der Waals surface area contributed by atoms with Crippen LogP contribution in [0.1, 0.15) is 79.8 Å². The average molecular weight is 925 g/mol. The second kappa shape index (κ2) is 21.6. The molecule has 2 aliphatic rings. The molecule has 1 spiro atoms. The van der Waals surface area contributed by atoms with Gasteiger partial charge in [0.25, 0.3) is 11.8 Å². The monoisotopic (exact) mass is 923 g/mol. The number of aliphatic hydroxyl groups excluding tert-OH is 2. The standard InChI is InChI=1S/C26H27ClN4O3.C21H20ClN3O4S/c27-22-13-19(7-8-20(22)16-32)17-34-24-21(23(33)28-14-18-5-2-1-3-6-18)15-29-25(30-24)31-12-4-9-26(31)10-11-26;1-30(28)21-24-11-17(19(27)23-10-14-5-3-2-4-6-14)20(25-21)29-13-15-7-8-16(12-26)18(22)9-15/h1-3,5-8,13,15,32H,4,9-12,14,16-17H2,(H,28,33);2-9,11,26H,10,12-13H2,1H3,(H,23,27). The van der Waals surface area contributed by atoms with Crippen LogP contribution in [0.2, 0.25) is 10.0 Å². The van der Waals surface area contributed by atoms with E-state index in [4.69, 9.17) is 37.7 Å². The first-order chi connectivity index (χ1) is 31.1. The number of anilines is 1. The van der Waals surface area contributed by atoms with Crippen molar-refractivity contribution in [2.45, 2.75) is 75.9 Å². The first kappa shape index (κ1) is 46.0. The summed E-state index contributed by atoms with van der Waals surface area (Å²) < 4.78 is 23.6.